The van der Waals surface area contributed by atoms with E-state index in [1.165, 1.54) is 5.39 Å². The molecule has 3 heteroatoms. The van der Waals surface area contributed by atoms with Gasteiger partial charge in [0.1, 0.15) is 0 Å². The highest BCUT2D eigenvalue weighted by Gasteiger charge is 2.04. The number of aromatic nitrogens is 2. The predicted octanol–water partition coefficient (Wildman–Crippen LogP) is 4.06. The van der Waals surface area contributed by atoms with Crippen LogP contribution in [0.1, 0.15) is 0 Å². The number of hydrogen-bond acceptors (Lipinski definition) is 2. The zero-order valence-corrected chi connectivity index (χ0v) is 10.6. The van der Waals surface area contributed by atoms with E-state index < -0.39 is 0 Å². The van der Waals surface area contributed by atoms with Crippen molar-refractivity contribution in [2.75, 3.05) is 0 Å². The van der Waals surface area contributed by atoms with Crippen molar-refractivity contribution in [1.29, 1.82) is 0 Å². The molecule has 0 spiro atoms. The summed E-state index contributed by atoms with van der Waals surface area (Å²) in [4.78, 5) is 8.67. The largest absolute Gasteiger partial charge is 0.263 e. The molecule has 2 heterocycles. The molecular formula is C14H9BrN2. The number of nitrogens with zero attached hydrogens (tertiary/aromatic N) is 2. The molecule has 0 aliphatic rings. The van der Waals surface area contributed by atoms with Crippen LogP contribution in [0.3, 0.4) is 0 Å². The van der Waals surface area contributed by atoms with Crippen LogP contribution in [-0.4, -0.2) is 9.97 Å². The van der Waals surface area contributed by atoms with E-state index >= 15 is 0 Å². The molecule has 0 amide bonds. The second kappa shape index (κ2) is 4.26. The monoisotopic (exact) mass is 284 g/mol. The van der Waals surface area contributed by atoms with Crippen LogP contribution < -0.4 is 0 Å². The Bertz CT molecular complexity index is 657. The van der Waals surface area contributed by atoms with E-state index in [-0.39, 0.29) is 0 Å². The van der Waals surface area contributed by atoms with Crippen molar-refractivity contribution in [3.63, 3.8) is 0 Å². The van der Waals surface area contributed by atoms with Crippen molar-refractivity contribution in [2.24, 2.45) is 0 Å². The van der Waals surface area contributed by atoms with Crippen molar-refractivity contribution in [1.82, 2.24) is 9.97 Å². The number of pyridine rings is 2. The molecule has 82 valence electrons. The molecule has 0 unspecified atom stereocenters. The van der Waals surface area contributed by atoms with Gasteiger partial charge in [-0.3, -0.25) is 9.97 Å². The summed E-state index contributed by atoms with van der Waals surface area (Å²) >= 11 is 3.39. The van der Waals surface area contributed by atoms with Crippen LogP contribution in [0.15, 0.2) is 59.5 Å². The third kappa shape index (κ3) is 1.94. The smallest absolute Gasteiger partial charge is 0.0724 e. The molecule has 0 bridgehead atoms. The van der Waals surface area contributed by atoms with Crippen molar-refractivity contribution in [3.8, 4) is 11.3 Å². The Balaban J connectivity index is 2.27. The third-order valence-electron chi connectivity index (χ3n) is 2.67. The minimum Gasteiger partial charge on any atom is -0.263 e. The van der Waals surface area contributed by atoms with Crippen LogP contribution >= 0.6 is 15.9 Å². The van der Waals surface area contributed by atoms with Gasteiger partial charge in [0.25, 0.3) is 0 Å². The van der Waals surface area contributed by atoms with Gasteiger partial charge < -0.3 is 0 Å². The van der Waals surface area contributed by atoms with E-state index in [1.54, 1.807) is 6.20 Å². The zero-order valence-electron chi connectivity index (χ0n) is 8.97. The summed E-state index contributed by atoms with van der Waals surface area (Å²) in [6.45, 7) is 0. The Hall–Kier alpha value is -1.74. The predicted molar refractivity (Wildman–Crippen MR) is 72.7 cm³/mol. The van der Waals surface area contributed by atoms with Gasteiger partial charge in [-0.2, -0.15) is 0 Å². The fraction of sp³-hybridized carbons (Fsp3) is 0. The highest BCUT2D eigenvalue weighted by atomic mass is 79.9. The van der Waals surface area contributed by atoms with Gasteiger partial charge in [-0.05, 0) is 33.4 Å². The molecule has 3 aromatic rings. The molecular weight excluding hydrogens is 276 g/mol. The third-order valence-corrected chi connectivity index (χ3v) is 3.14. The highest BCUT2D eigenvalue weighted by molar-refractivity contribution is 9.10. The molecule has 3 rings (SSSR count). The zero-order chi connectivity index (χ0) is 11.7. The van der Waals surface area contributed by atoms with E-state index in [1.807, 2.05) is 36.7 Å². The Morgan fingerprint density at radius 2 is 1.76 bits per heavy atom. The molecule has 1 aromatic carbocycles. The average molecular weight is 285 g/mol. The van der Waals surface area contributed by atoms with Gasteiger partial charge in [0, 0.05) is 34.0 Å². The molecule has 0 fully saturated rings. The molecule has 0 radical (unpaired) electrons. The van der Waals surface area contributed by atoms with Gasteiger partial charge in [0.2, 0.25) is 0 Å². The van der Waals surface area contributed by atoms with Crippen LogP contribution in [0.4, 0.5) is 0 Å². The summed E-state index contributed by atoms with van der Waals surface area (Å²) in [5, 5.41) is 2.31. The van der Waals surface area contributed by atoms with Gasteiger partial charge in [-0.1, -0.05) is 24.3 Å². The van der Waals surface area contributed by atoms with Crippen LogP contribution in [-0.2, 0) is 0 Å². The fourth-order valence-electron chi connectivity index (χ4n) is 1.86. The summed E-state index contributed by atoms with van der Waals surface area (Å²) < 4.78 is 0.981. The molecule has 2 aromatic heterocycles. The average Bonchev–Trinajstić information content (AvgIpc) is 2.39. The number of rotatable bonds is 1. The first-order valence-corrected chi connectivity index (χ1v) is 6.08. The second-order valence-electron chi connectivity index (χ2n) is 3.77. The Morgan fingerprint density at radius 1 is 0.882 bits per heavy atom. The van der Waals surface area contributed by atoms with Crippen LogP contribution in [0, 0.1) is 0 Å². The molecule has 2 nitrogen and oxygen atoms in total. The van der Waals surface area contributed by atoms with Gasteiger partial charge in [0.15, 0.2) is 0 Å². The first-order chi connectivity index (χ1) is 8.34. The van der Waals surface area contributed by atoms with E-state index in [0.29, 0.717) is 0 Å². The number of fused-ring (bicyclic) bond motifs is 1. The maximum atomic E-state index is 4.41. The Kier molecular flexibility index (Phi) is 2.61. The number of benzene rings is 1. The number of halogens is 1. The summed E-state index contributed by atoms with van der Waals surface area (Å²) in [6, 6.07) is 12.2. The lowest BCUT2D eigenvalue weighted by atomic mass is 10.1. The van der Waals surface area contributed by atoms with Crippen LogP contribution in [0.2, 0.25) is 0 Å². The van der Waals surface area contributed by atoms with Gasteiger partial charge >= 0.3 is 0 Å². The molecule has 0 N–H and O–H groups in total. The SMILES string of the molecule is Brc1ccc(-c2cncc3ccccc23)nc1. The van der Waals surface area contributed by atoms with Crippen molar-refractivity contribution in [2.45, 2.75) is 0 Å². The maximum absolute atomic E-state index is 4.41. The minimum absolute atomic E-state index is 0.942. The summed E-state index contributed by atoms with van der Waals surface area (Å²) in [7, 11) is 0. The standard InChI is InChI=1S/C14H9BrN2/c15-11-5-6-14(17-8-11)13-9-16-7-10-3-1-2-4-12(10)13/h1-9H. The lowest BCUT2D eigenvalue weighted by Crippen LogP contribution is -1.86. The maximum Gasteiger partial charge on any atom is 0.0724 e. The van der Waals surface area contributed by atoms with E-state index in [0.717, 1.165) is 21.1 Å². The first kappa shape index (κ1) is 10.4. The van der Waals surface area contributed by atoms with Gasteiger partial charge in [0.05, 0.1) is 5.69 Å². The van der Waals surface area contributed by atoms with Crippen molar-refractivity contribution >= 4 is 26.7 Å². The van der Waals surface area contributed by atoms with E-state index in [2.05, 4.69) is 38.0 Å². The molecule has 0 saturated heterocycles. The van der Waals surface area contributed by atoms with Gasteiger partial charge in [-0.15, -0.1) is 0 Å². The Labute approximate surface area is 107 Å². The van der Waals surface area contributed by atoms with Gasteiger partial charge in [-0.25, -0.2) is 0 Å². The topological polar surface area (TPSA) is 25.8 Å². The first-order valence-electron chi connectivity index (χ1n) is 5.29. The van der Waals surface area contributed by atoms with Crippen LogP contribution in [0.25, 0.3) is 22.0 Å². The lowest BCUT2D eigenvalue weighted by molar-refractivity contribution is 1.29. The Morgan fingerprint density at radius 3 is 2.59 bits per heavy atom. The lowest BCUT2D eigenvalue weighted by Gasteiger charge is -2.05. The molecule has 0 aliphatic heterocycles. The normalized spacial score (nSPS) is 10.6. The van der Waals surface area contributed by atoms with Crippen molar-refractivity contribution < 1.29 is 0 Å². The molecule has 17 heavy (non-hydrogen) atoms. The minimum atomic E-state index is 0.942. The summed E-state index contributed by atoms with van der Waals surface area (Å²) in [6.07, 6.45) is 5.54. The molecule has 0 atom stereocenters. The summed E-state index contributed by atoms with van der Waals surface area (Å²) in [5.74, 6) is 0. The number of hydrogen-bond donors (Lipinski definition) is 0. The molecule has 0 aliphatic carbocycles. The van der Waals surface area contributed by atoms with Crippen LogP contribution in [0.5, 0.6) is 0 Å². The second-order valence-corrected chi connectivity index (χ2v) is 4.69. The summed E-state index contributed by atoms with van der Waals surface area (Å²) in [5.41, 5.74) is 2.01. The highest BCUT2D eigenvalue weighted by Crippen LogP contribution is 2.26. The molecule has 0 saturated carbocycles. The quantitative estimate of drug-likeness (QED) is 0.673. The van der Waals surface area contributed by atoms with E-state index in [9.17, 15) is 0 Å². The van der Waals surface area contributed by atoms with Crippen molar-refractivity contribution in [3.05, 3.63) is 59.5 Å². The fourth-order valence-corrected chi connectivity index (χ4v) is 2.09. The van der Waals surface area contributed by atoms with E-state index in [4.69, 9.17) is 0 Å².